The van der Waals surface area contributed by atoms with Gasteiger partial charge in [-0.25, -0.2) is 14.8 Å². The second-order valence-corrected chi connectivity index (χ2v) is 3.37. The van der Waals surface area contributed by atoms with E-state index < -0.39 is 5.97 Å². The molecule has 1 aromatic rings. The van der Waals surface area contributed by atoms with Crippen molar-refractivity contribution in [1.29, 1.82) is 0 Å². The van der Waals surface area contributed by atoms with E-state index in [2.05, 4.69) is 9.97 Å². The highest BCUT2D eigenvalue weighted by Gasteiger charge is 2.10. The lowest BCUT2D eigenvalue weighted by Crippen LogP contribution is -2.14. The third-order valence-electron chi connectivity index (χ3n) is 1.99. The van der Waals surface area contributed by atoms with Gasteiger partial charge in [0.15, 0.2) is 5.69 Å². The summed E-state index contributed by atoms with van der Waals surface area (Å²) in [5.74, 6) is -0.534. The number of aromatic nitrogens is 2. The number of rotatable bonds is 4. The van der Waals surface area contributed by atoms with Gasteiger partial charge in [-0.1, -0.05) is 0 Å². The summed E-state index contributed by atoms with van der Waals surface area (Å²) in [6.45, 7) is 3.63. The number of hydrogen-bond donors (Lipinski definition) is 1. The Morgan fingerprint density at radius 3 is 2.80 bits per heavy atom. The fourth-order valence-corrected chi connectivity index (χ4v) is 1.17. The van der Waals surface area contributed by atoms with Crippen LogP contribution in [0.2, 0.25) is 0 Å². The molecule has 0 bridgehead atoms. The summed E-state index contributed by atoms with van der Waals surface area (Å²) in [5, 5.41) is 8.80. The SMILES string of the molecule is COC(C)Cc1nc(C)cc(C(=O)O)n1. The number of hydrogen-bond acceptors (Lipinski definition) is 4. The van der Waals surface area contributed by atoms with Gasteiger partial charge in [0.25, 0.3) is 0 Å². The average Bonchev–Trinajstić information content (AvgIpc) is 2.16. The van der Waals surface area contributed by atoms with Crippen molar-refractivity contribution < 1.29 is 14.6 Å². The number of aromatic carboxylic acids is 1. The van der Waals surface area contributed by atoms with Gasteiger partial charge < -0.3 is 9.84 Å². The third kappa shape index (κ3) is 3.28. The predicted octanol–water partition coefficient (Wildman–Crippen LogP) is 1.06. The van der Waals surface area contributed by atoms with Crippen LogP contribution >= 0.6 is 0 Å². The Kier molecular flexibility index (Phi) is 3.74. The Labute approximate surface area is 88.1 Å². The molecule has 15 heavy (non-hydrogen) atoms. The van der Waals surface area contributed by atoms with Crippen LogP contribution in [0.5, 0.6) is 0 Å². The number of methoxy groups -OCH3 is 1. The van der Waals surface area contributed by atoms with E-state index in [1.807, 2.05) is 6.92 Å². The summed E-state index contributed by atoms with van der Waals surface area (Å²) in [6.07, 6.45) is 0.492. The smallest absolute Gasteiger partial charge is 0.354 e. The molecular formula is C10H14N2O3. The maximum atomic E-state index is 10.7. The summed E-state index contributed by atoms with van der Waals surface area (Å²) in [7, 11) is 1.60. The molecule has 0 aromatic carbocycles. The van der Waals surface area contributed by atoms with Gasteiger partial charge in [0.05, 0.1) is 6.10 Å². The predicted molar refractivity (Wildman–Crippen MR) is 53.9 cm³/mol. The normalized spacial score (nSPS) is 12.5. The van der Waals surface area contributed by atoms with Crippen LogP contribution in [-0.2, 0) is 11.2 Å². The average molecular weight is 210 g/mol. The molecule has 5 nitrogen and oxygen atoms in total. The highest BCUT2D eigenvalue weighted by atomic mass is 16.5. The Bertz CT molecular complexity index is 366. The van der Waals surface area contributed by atoms with E-state index >= 15 is 0 Å². The topological polar surface area (TPSA) is 72.3 Å². The van der Waals surface area contributed by atoms with Crippen LogP contribution in [0.1, 0.15) is 28.9 Å². The first-order valence-electron chi connectivity index (χ1n) is 4.63. The maximum Gasteiger partial charge on any atom is 0.354 e. The number of carbonyl (C=O) groups is 1. The zero-order valence-electron chi connectivity index (χ0n) is 9.02. The van der Waals surface area contributed by atoms with Crippen molar-refractivity contribution in [1.82, 2.24) is 9.97 Å². The van der Waals surface area contributed by atoms with Crippen LogP contribution < -0.4 is 0 Å². The monoisotopic (exact) mass is 210 g/mol. The lowest BCUT2D eigenvalue weighted by atomic mass is 10.2. The van der Waals surface area contributed by atoms with Crippen LogP contribution in [-0.4, -0.2) is 34.3 Å². The van der Waals surface area contributed by atoms with Gasteiger partial charge in [0, 0.05) is 19.2 Å². The number of carboxylic acid groups (broad SMARTS) is 1. The summed E-state index contributed by atoms with van der Waals surface area (Å²) < 4.78 is 5.07. The lowest BCUT2D eigenvalue weighted by Gasteiger charge is -2.08. The molecule has 1 aromatic heterocycles. The van der Waals surface area contributed by atoms with E-state index in [-0.39, 0.29) is 11.8 Å². The first-order valence-corrected chi connectivity index (χ1v) is 4.63. The fourth-order valence-electron chi connectivity index (χ4n) is 1.17. The minimum atomic E-state index is -1.04. The molecule has 0 amide bonds. The van der Waals surface area contributed by atoms with Gasteiger partial charge in [0.2, 0.25) is 0 Å². The van der Waals surface area contributed by atoms with Crippen molar-refractivity contribution >= 4 is 5.97 Å². The first-order chi connectivity index (χ1) is 7.02. The molecule has 1 atom stereocenters. The van der Waals surface area contributed by atoms with E-state index in [9.17, 15) is 4.79 Å². The second kappa shape index (κ2) is 4.84. The molecule has 82 valence electrons. The Morgan fingerprint density at radius 1 is 1.60 bits per heavy atom. The Balaban J connectivity index is 2.93. The van der Waals surface area contributed by atoms with Crippen LogP contribution in [0.3, 0.4) is 0 Å². The van der Waals surface area contributed by atoms with Crippen molar-refractivity contribution in [3.8, 4) is 0 Å². The minimum absolute atomic E-state index is 0.0200. The molecule has 0 radical (unpaired) electrons. The molecule has 0 aliphatic carbocycles. The quantitative estimate of drug-likeness (QED) is 0.804. The first kappa shape index (κ1) is 11.6. The molecule has 0 saturated heterocycles. The standard InChI is InChI=1S/C10H14N2O3/c1-6-4-8(10(13)14)12-9(11-6)5-7(2)15-3/h4,7H,5H2,1-3H3,(H,13,14). The van der Waals surface area contributed by atoms with E-state index in [1.165, 1.54) is 6.07 Å². The van der Waals surface area contributed by atoms with E-state index in [1.54, 1.807) is 14.0 Å². The number of aryl methyl sites for hydroxylation is 1. The highest BCUT2D eigenvalue weighted by molar-refractivity contribution is 5.85. The molecular weight excluding hydrogens is 196 g/mol. The van der Waals surface area contributed by atoms with Gasteiger partial charge in [-0.05, 0) is 19.9 Å². The van der Waals surface area contributed by atoms with E-state index in [4.69, 9.17) is 9.84 Å². The largest absolute Gasteiger partial charge is 0.477 e. The molecule has 1 rings (SSSR count). The van der Waals surface area contributed by atoms with Gasteiger partial charge >= 0.3 is 5.97 Å². The lowest BCUT2D eigenvalue weighted by molar-refractivity contribution is 0.0688. The molecule has 0 saturated carbocycles. The molecule has 5 heteroatoms. The molecule has 0 aliphatic rings. The van der Waals surface area contributed by atoms with Gasteiger partial charge in [-0.15, -0.1) is 0 Å². The third-order valence-corrected chi connectivity index (χ3v) is 1.99. The van der Waals surface area contributed by atoms with Crippen molar-refractivity contribution in [2.24, 2.45) is 0 Å². The molecule has 1 heterocycles. The zero-order chi connectivity index (χ0) is 11.4. The Hall–Kier alpha value is -1.49. The number of ether oxygens (including phenoxy) is 1. The van der Waals surface area contributed by atoms with Gasteiger partial charge in [0.1, 0.15) is 5.82 Å². The fraction of sp³-hybridized carbons (Fsp3) is 0.500. The minimum Gasteiger partial charge on any atom is -0.477 e. The summed E-state index contributed by atoms with van der Waals surface area (Å²) in [4.78, 5) is 18.8. The Morgan fingerprint density at radius 2 is 2.27 bits per heavy atom. The molecule has 0 spiro atoms. The van der Waals surface area contributed by atoms with E-state index in [0.717, 1.165) is 0 Å². The number of nitrogens with zero attached hydrogens (tertiary/aromatic N) is 2. The van der Waals surface area contributed by atoms with Crippen LogP contribution in [0.25, 0.3) is 0 Å². The summed E-state index contributed by atoms with van der Waals surface area (Å²) in [5.41, 5.74) is 0.682. The molecule has 0 aliphatic heterocycles. The van der Waals surface area contributed by atoms with Gasteiger partial charge in [-0.2, -0.15) is 0 Å². The summed E-state index contributed by atoms with van der Waals surface area (Å²) in [6, 6.07) is 1.45. The molecule has 1 N–H and O–H groups in total. The van der Waals surface area contributed by atoms with Crippen molar-refractivity contribution in [3.63, 3.8) is 0 Å². The van der Waals surface area contributed by atoms with Crippen LogP contribution in [0, 0.1) is 6.92 Å². The summed E-state index contributed by atoms with van der Waals surface area (Å²) >= 11 is 0. The molecule has 1 unspecified atom stereocenters. The van der Waals surface area contributed by atoms with Crippen molar-refractivity contribution in [2.75, 3.05) is 7.11 Å². The molecule has 0 fully saturated rings. The van der Waals surface area contributed by atoms with Crippen LogP contribution in [0.4, 0.5) is 0 Å². The second-order valence-electron chi connectivity index (χ2n) is 3.37. The number of carboxylic acids is 1. The van der Waals surface area contributed by atoms with Crippen molar-refractivity contribution in [2.45, 2.75) is 26.4 Å². The van der Waals surface area contributed by atoms with Gasteiger partial charge in [-0.3, -0.25) is 0 Å². The van der Waals surface area contributed by atoms with Crippen molar-refractivity contribution in [3.05, 3.63) is 23.3 Å². The zero-order valence-corrected chi connectivity index (χ0v) is 9.02. The maximum absolute atomic E-state index is 10.7. The highest BCUT2D eigenvalue weighted by Crippen LogP contribution is 2.04. The van der Waals surface area contributed by atoms with E-state index in [0.29, 0.717) is 17.9 Å². The van der Waals surface area contributed by atoms with Crippen LogP contribution in [0.15, 0.2) is 6.07 Å².